The predicted octanol–water partition coefficient (Wildman–Crippen LogP) is 1.04. The van der Waals surface area contributed by atoms with Gasteiger partial charge in [0.1, 0.15) is 6.33 Å². The van der Waals surface area contributed by atoms with Gasteiger partial charge in [-0.05, 0) is 12.5 Å². The van der Waals surface area contributed by atoms with Crippen LogP contribution in [-0.2, 0) is 4.74 Å². The topological polar surface area (TPSA) is 52.1 Å². The zero-order valence-corrected chi connectivity index (χ0v) is 6.86. The number of hydrogen-bond donors (Lipinski definition) is 0. The zero-order valence-electron chi connectivity index (χ0n) is 6.86. The number of hydrogen-bond acceptors (Lipinski definition) is 4. The second-order valence-electron chi connectivity index (χ2n) is 2.23. The van der Waals surface area contributed by atoms with Gasteiger partial charge in [0.2, 0.25) is 0 Å². The van der Waals surface area contributed by atoms with E-state index in [1.54, 1.807) is 0 Å². The smallest absolute Gasteiger partial charge is 0.357 e. The lowest BCUT2D eigenvalue weighted by atomic mass is 10.4. The quantitative estimate of drug-likeness (QED) is 0.629. The van der Waals surface area contributed by atoms with Gasteiger partial charge in [-0.3, -0.25) is 0 Å². The van der Waals surface area contributed by atoms with E-state index in [-0.39, 0.29) is 5.97 Å². The second kappa shape index (κ2) is 4.43. The molecule has 0 aliphatic carbocycles. The fourth-order valence-corrected chi connectivity index (χ4v) is 0.680. The Labute approximate surface area is 70.6 Å². The Balaban J connectivity index is 2.54. The summed E-state index contributed by atoms with van der Waals surface area (Å²) in [7, 11) is 0. The third kappa shape index (κ3) is 2.30. The molecule has 0 aliphatic heterocycles. The van der Waals surface area contributed by atoms with Crippen LogP contribution in [0.3, 0.4) is 0 Å². The molecular formula is C8H10N2O2. The Bertz CT molecular complexity index is 248. The molecule has 0 spiro atoms. The van der Waals surface area contributed by atoms with E-state index in [1.807, 2.05) is 6.92 Å². The molecule has 0 atom stereocenters. The molecule has 0 N–H and O–H groups in total. The maximum absolute atomic E-state index is 11.1. The third-order valence-corrected chi connectivity index (χ3v) is 1.23. The van der Waals surface area contributed by atoms with Gasteiger partial charge in [0.05, 0.1) is 6.61 Å². The molecule has 0 aliphatic rings. The van der Waals surface area contributed by atoms with Gasteiger partial charge in [0.15, 0.2) is 5.69 Å². The molecule has 0 fully saturated rings. The van der Waals surface area contributed by atoms with Gasteiger partial charge in [-0.15, -0.1) is 0 Å². The van der Waals surface area contributed by atoms with Gasteiger partial charge in [0, 0.05) is 6.20 Å². The van der Waals surface area contributed by atoms with E-state index in [1.165, 1.54) is 18.6 Å². The van der Waals surface area contributed by atoms with Crippen LogP contribution in [0.5, 0.6) is 0 Å². The molecule has 4 heteroatoms. The van der Waals surface area contributed by atoms with Crippen LogP contribution in [0, 0.1) is 0 Å². The Morgan fingerprint density at radius 3 is 3.08 bits per heavy atom. The summed E-state index contributed by atoms with van der Waals surface area (Å²) in [5, 5.41) is 0. The first-order valence-electron chi connectivity index (χ1n) is 3.77. The lowest BCUT2D eigenvalue weighted by Crippen LogP contribution is -2.07. The van der Waals surface area contributed by atoms with Crippen molar-refractivity contribution in [3.05, 3.63) is 24.3 Å². The lowest BCUT2D eigenvalue weighted by molar-refractivity contribution is 0.0498. The van der Waals surface area contributed by atoms with Crippen molar-refractivity contribution < 1.29 is 9.53 Å². The van der Waals surface area contributed by atoms with E-state index in [0.717, 1.165) is 6.42 Å². The van der Waals surface area contributed by atoms with E-state index < -0.39 is 0 Å². The lowest BCUT2D eigenvalue weighted by Gasteiger charge is -2.00. The molecule has 0 amide bonds. The van der Waals surface area contributed by atoms with Crippen molar-refractivity contribution >= 4 is 5.97 Å². The molecule has 4 nitrogen and oxygen atoms in total. The predicted molar refractivity (Wildman–Crippen MR) is 42.6 cm³/mol. The average Bonchev–Trinajstić information content (AvgIpc) is 2.15. The van der Waals surface area contributed by atoms with Crippen LogP contribution in [0.25, 0.3) is 0 Å². The highest BCUT2D eigenvalue weighted by Gasteiger charge is 2.05. The summed E-state index contributed by atoms with van der Waals surface area (Å²) in [5.74, 6) is -0.390. The molecule has 0 aromatic carbocycles. The molecule has 12 heavy (non-hydrogen) atoms. The minimum Gasteiger partial charge on any atom is -0.461 e. The first-order valence-corrected chi connectivity index (χ1v) is 3.77. The standard InChI is InChI=1S/C8H10N2O2/c1-2-5-12-8(11)7-3-4-9-6-10-7/h3-4,6H,2,5H2,1H3. The summed E-state index contributed by atoms with van der Waals surface area (Å²) in [6.45, 7) is 2.37. The van der Waals surface area contributed by atoms with Crippen molar-refractivity contribution in [2.45, 2.75) is 13.3 Å². The first kappa shape index (κ1) is 8.64. The number of ether oxygens (including phenoxy) is 1. The van der Waals surface area contributed by atoms with Gasteiger partial charge in [-0.2, -0.15) is 0 Å². The Morgan fingerprint density at radius 2 is 2.50 bits per heavy atom. The van der Waals surface area contributed by atoms with Gasteiger partial charge in [0.25, 0.3) is 0 Å². The maximum atomic E-state index is 11.1. The molecular weight excluding hydrogens is 156 g/mol. The van der Waals surface area contributed by atoms with Gasteiger partial charge >= 0.3 is 5.97 Å². The molecule has 1 aromatic heterocycles. The van der Waals surface area contributed by atoms with Crippen LogP contribution in [0.15, 0.2) is 18.6 Å². The fraction of sp³-hybridized carbons (Fsp3) is 0.375. The van der Waals surface area contributed by atoms with E-state index in [9.17, 15) is 4.79 Å². The van der Waals surface area contributed by atoms with E-state index >= 15 is 0 Å². The second-order valence-corrected chi connectivity index (χ2v) is 2.23. The summed E-state index contributed by atoms with van der Waals surface area (Å²) >= 11 is 0. The van der Waals surface area contributed by atoms with E-state index in [4.69, 9.17) is 4.74 Å². The van der Waals surface area contributed by atoms with Crippen LogP contribution < -0.4 is 0 Å². The monoisotopic (exact) mass is 166 g/mol. The van der Waals surface area contributed by atoms with Gasteiger partial charge in [-0.1, -0.05) is 6.92 Å². The molecule has 0 unspecified atom stereocenters. The number of carbonyl (C=O) groups excluding carboxylic acids is 1. The SMILES string of the molecule is CCCOC(=O)c1ccncn1. The summed E-state index contributed by atoms with van der Waals surface area (Å²) in [6, 6.07) is 1.53. The summed E-state index contributed by atoms with van der Waals surface area (Å²) in [6.07, 6.45) is 3.65. The van der Waals surface area contributed by atoms with Crippen molar-refractivity contribution in [1.29, 1.82) is 0 Å². The number of nitrogens with zero attached hydrogens (tertiary/aromatic N) is 2. The number of aromatic nitrogens is 2. The summed E-state index contributed by atoms with van der Waals surface area (Å²) < 4.78 is 4.85. The Morgan fingerprint density at radius 1 is 1.67 bits per heavy atom. The van der Waals surface area contributed by atoms with Crippen LogP contribution in [0.2, 0.25) is 0 Å². The van der Waals surface area contributed by atoms with Crippen LogP contribution in [0.1, 0.15) is 23.8 Å². The minimum absolute atomic E-state index is 0.304. The summed E-state index contributed by atoms with van der Waals surface area (Å²) in [5.41, 5.74) is 0.304. The van der Waals surface area contributed by atoms with E-state index in [2.05, 4.69) is 9.97 Å². The molecule has 0 radical (unpaired) electrons. The van der Waals surface area contributed by atoms with Crippen molar-refractivity contribution in [3.8, 4) is 0 Å². The van der Waals surface area contributed by atoms with Gasteiger partial charge in [-0.25, -0.2) is 14.8 Å². The van der Waals surface area contributed by atoms with E-state index in [0.29, 0.717) is 12.3 Å². The average molecular weight is 166 g/mol. The first-order chi connectivity index (χ1) is 5.84. The minimum atomic E-state index is -0.390. The van der Waals surface area contributed by atoms with Crippen molar-refractivity contribution in [2.75, 3.05) is 6.61 Å². The molecule has 1 aromatic rings. The van der Waals surface area contributed by atoms with Crippen LogP contribution in [0.4, 0.5) is 0 Å². The van der Waals surface area contributed by atoms with Crippen LogP contribution in [-0.4, -0.2) is 22.5 Å². The van der Waals surface area contributed by atoms with Crippen molar-refractivity contribution in [3.63, 3.8) is 0 Å². The molecule has 1 rings (SSSR count). The zero-order chi connectivity index (χ0) is 8.81. The molecule has 0 bridgehead atoms. The fourth-order valence-electron chi connectivity index (χ4n) is 0.680. The maximum Gasteiger partial charge on any atom is 0.357 e. The van der Waals surface area contributed by atoms with Gasteiger partial charge < -0.3 is 4.74 Å². The molecule has 64 valence electrons. The highest BCUT2D eigenvalue weighted by Crippen LogP contribution is 1.95. The molecule has 1 heterocycles. The van der Waals surface area contributed by atoms with Crippen molar-refractivity contribution in [1.82, 2.24) is 9.97 Å². The highest BCUT2D eigenvalue weighted by atomic mass is 16.5. The van der Waals surface area contributed by atoms with Crippen molar-refractivity contribution in [2.24, 2.45) is 0 Å². The largest absolute Gasteiger partial charge is 0.461 e. The van der Waals surface area contributed by atoms with Crippen LogP contribution >= 0.6 is 0 Å². The highest BCUT2D eigenvalue weighted by molar-refractivity contribution is 5.86. The Kier molecular flexibility index (Phi) is 3.19. The Hall–Kier alpha value is -1.45. The molecule has 0 saturated heterocycles. The number of carbonyl (C=O) groups is 1. The normalized spacial score (nSPS) is 9.42. The third-order valence-electron chi connectivity index (χ3n) is 1.23. The molecule has 0 saturated carbocycles. The number of rotatable bonds is 3. The number of esters is 1. The summed E-state index contributed by atoms with van der Waals surface area (Å²) in [4.78, 5) is 18.5.